The highest BCUT2D eigenvalue weighted by Gasteiger charge is 2.16. The van der Waals surface area contributed by atoms with Gasteiger partial charge in [0.2, 0.25) is 5.12 Å². The third kappa shape index (κ3) is 3.95. The molecule has 1 fully saturated rings. The first kappa shape index (κ1) is 13.8. The minimum atomic E-state index is 0.147. The van der Waals surface area contributed by atoms with E-state index in [9.17, 15) is 4.79 Å². The van der Waals surface area contributed by atoms with Crippen LogP contribution in [0.2, 0.25) is 0 Å². The molecule has 2 rings (SSSR count). The Morgan fingerprint density at radius 3 is 2.44 bits per heavy atom. The number of benzene rings is 1. The van der Waals surface area contributed by atoms with Gasteiger partial charge in [0, 0.05) is 10.8 Å². The van der Waals surface area contributed by atoms with Crippen molar-refractivity contribution in [3.8, 4) is 5.75 Å². The first-order valence-corrected chi connectivity index (χ1v) is 8.52. The highest BCUT2D eigenvalue weighted by Crippen LogP contribution is 2.37. The molecule has 0 bridgehead atoms. The second kappa shape index (κ2) is 7.10. The maximum atomic E-state index is 12.0. The lowest BCUT2D eigenvalue weighted by Gasteiger charge is -2.19. The molecule has 0 amide bonds. The summed E-state index contributed by atoms with van der Waals surface area (Å²) in [5.74, 6) is 0.788. The Labute approximate surface area is 116 Å². The molecule has 0 aromatic heterocycles. The normalized spacial score (nSPS) is 16.5. The fraction of sp³-hybridized carbons (Fsp3) is 0.500. The summed E-state index contributed by atoms with van der Waals surface area (Å²) in [5.41, 5.74) is 0.754. The molecule has 1 saturated carbocycles. The van der Waals surface area contributed by atoms with Crippen LogP contribution in [0.3, 0.4) is 0 Å². The molecule has 1 aromatic carbocycles. The Morgan fingerprint density at radius 1 is 1.17 bits per heavy atom. The minimum Gasteiger partial charge on any atom is -0.497 e. The summed E-state index contributed by atoms with van der Waals surface area (Å²) in [4.78, 5) is 12.0. The number of hydrogen-bond donors (Lipinski definition) is 0. The zero-order valence-corrected chi connectivity index (χ0v) is 12.2. The summed E-state index contributed by atoms with van der Waals surface area (Å²) in [6, 6.07) is 7.32. The molecule has 18 heavy (non-hydrogen) atoms. The van der Waals surface area contributed by atoms with Crippen LogP contribution in [-0.2, 0) is 0 Å². The predicted molar refractivity (Wildman–Crippen MR) is 79.4 cm³/mol. The molecule has 98 valence electrons. The highest BCUT2D eigenvalue weighted by molar-refractivity contribution is 8.82. The highest BCUT2D eigenvalue weighted by atomic mass is 33.1. The van der Waals surface area contributed by atoms with Gasteiger partial charge in [-0.25, -0.2) is 0 Å². The molecule has 1 aliphatic rings. The predicted octanol–water partition coefficient (Wildman–Crippen LogP) is 4.55. The third-order valence-electron chi connectivity index (χ3n) is 3.14. The van der Waals surface area contributed by atoms with E-state index in [-0.39, 0.29) is 5.12 Å². The average Bonchev–Trinajstić information content (AvgIpc) is 2.46. The number of hydrogen-bond acceptors (Lipinski definition) is 4. The Kier molecular flexibility index (Phi) is 5.45. The van der Waals surface area contributed by atoms with Gasteiger partial charge in [-0.2, -0.15) is 0 Å². The molecule has 0 N–H and O–H groups in total. The molecule has 0 radical (unpaired) electrons. The largest absolute Gasteiger partial charge is 0.497 e. The van der Waals surface area contributed by atoms with Gasteiger partial charge in [0.25, 0.3) is 0 Å². The topological polar surface area (TPSA) is 26.3 Å². The van der Waals surface area contributed by atoms with Crippen LogP contribution >= 0.6 is 21.6 Å². The average molecular weight is 282 g/mol. The summed E-state index contributed by atoms with van der Waals surface area (Å²) in [6.07, 6.45) is 6.50. The third-order valence-corrected chi connectivity index (χ3v) is 5.92. The lowest BCUT2D eigenvalue weighted by molar-refractivity contribution is 0.109. The van der Waals surface area contributed by atoms with E-state index < -0.39 is 0 Å². The van der Waals surface area contributed by atoms with Crippen LogP contribution in [-0.4, -0.2) is 17.5 Å². The lowest BCUT2D eigenvalue weighted by atomic mass is 10.0. The summed E-state index contributed by atoms with van der Waals surface area (Å²) >= 11 is 0. The summed E-state index contributed by atoms with van der Waals surface area (Å²) < 4.78 is 5.08. The maximum absolute atomic E-state index is 12.0. The maximum Gasteiger partial charge on any atom is 0.229 e. The van der Waals surface area contributed by atoms with Crippen molar-refractivity contribution in [2.24, 2.45) is 0 Å². The van der Waals surface area contributed by atoms with Gasteiger partial charge in [0.05, 0.1) is 7.11 Å². The van der Waals surface area contributed by atoms with Gasteiger partial charge < -0.3 is 4.74 Å². The number of carbonyl (C=O) groups is 1. The minimum absolute atomic E-state index is 0.147. The van der Waals surface area contributed by atoms with Crippen molar-refractivity contribution in [2.45, 2.75) is 37.4 Å². The molecule has 4 heteroatoms. The SMILES string of the molecule is COc1ccc(C(=O)SSC2CCCCC2)cc1. The molecule has 0 spiro atoms. The molecule has 0 atom stereocenters. The van der Waals surface area contributed by atoms with Crippen LogP contribution in [0.25, 0.3) is 0 Å². The number of carbonyl (C=O) groups excluding carboxylic acids is 1. The van der Waals surface area contributed by atoms with E-state index in [0.29, 0.717) is 5.25 Å². The second-order valence-corrected chi connectivity index (χ2v) is 6.93. The van der Waals surface area contributed by atoms with Crippen molar-refractivity contribution >= 4 is 26.7 Å². The zero-order valence-electron chi connectivity index (χ0n) is 10.6. The number of rotatable bonds is 4. The van der Waals surface area contributed by atoms with Crippen molar-refractivity contribution < 1.29 is 9.53 Å². The Hall–Kier alpha value is -0.610. The molecule has 2 nitrogen and oxygen atoms in total. The van der Waals surface area contributed by atoms with Crippen molar-refractivity contribution in [1.29, 1.82) is 0 Å². The molecule has 0 aliphatic heterocycles. The van der Waals surface area contributed by atoms with Crippen LogP contribution in [0.15, 0.2) is 24.3 Å². The molecule has 0 saturated heterocycles. The Bertz CT molecular complexity index is 383. The van der Waals surface area contributed by atoms with Gasteiger partial charge in [0.15, 0.2) is 0 Å². The van der Waals surface area contributed by atoms with Crippen molar-refractivity contribution in [1.82, 2.24) is 0 Å². The zero-order chi connectivity index (χ0) is 12.8. The number of ether oxygens (including phenoxy) is 1. The fourth-order valence-corrected chi connectivity index (χ4v) is 4.57. The fourth-order valence-electron chi connectivity index (χ4n) is 2.05. The van der Waals surface area contributed by atoms with Crippen LogP contribution < -0.4 is 4.74 Å². The van der Waals surface area contributed by atoms with E-state index in [1.807, 2.05) is 24.3 Å². The quantitative estimate of drug-likeness (QED) is 0.757. The van der Waals surface area contributed by atoms with E-state index in [2.05, 4.69) is 0 Å². The van der Waals surface area contributed by atoms with E-state index in [1.54, 1.807) is 17.9 Å². The summed E-state index contributed by atoms with van der Waals surface area (Å²) in [6.45, 7) is 0. The Balaban J connectivity index is 1.82. The first-order valence-electron chi connectivity index (χ1n) is 6.31. The van der Waals surface area contributed by atoms with Crippen LogP contribution in [0.5, 0.6) is 5.75 Å². The van der Waals surface area contributed by atoms with Crippen molar-refractivity contribution in [3.63, 3.8) is 0 Å². The summed E-state index contributed by atoms with van der Waals surface area (Å²) in [5, 5.41) is 0.805. The molecular weight excluding hydrogens is 264 g/mol. The van der Waals surface area contributed by atoms with Crippen molar-refractivity contribution in [3.05, 3.63) is 29.8 Å². The van der Waals surface area contributed by atoms with Crippen LogP contribution in [0.1, 0.15) is 42.5 Å². The first-order chi connectivity index (χ1) is 8.79. The van der Waals surface area contributed by atoms with Crippen LogP contribution in [0, 0.1) is 0 Å². The van der Waals surface area contributed by atoms with Gasteiger partial charge in [0.1, 0.15) is 5.75 Å². The van der Waals surface area contributed by atoms with E-state index >= 15 is 0 Å². The molecule has 0 heterocycles. The molecule has 0 unspecified atom stereocenters. The monoisotopic (exact) mass is 282 g/mol. The van der Waals surface area contributed by atoms with Gasteiger partial charge in [-0.05, 0) is 47.9 Å². The van der Waals surface area contributed by atoms with Gasteiger partial charge in [-0.3, -0.25) is 4.79 Å². The smallest absolute Gasteiger partial charge is 0.229 e. The number of methoxy groups -OCH3 is 1. The molecule has 1 aromatic rings. The molecular formula is C14H18O2S2. The van der Waals surface area contributed by atoms with E-state index in [0.717, 1.165) is 11.3 Å². The van der Waals surface area contributed by atoms with Gasteiger partial charge in [-0.1, -0.05) is 30.1 Å². The van der Waals surface area contributed by atoms with E-state index in [4.69, 9.17) is 4.74 Å². The van der Waals surface area contributed by atoms with Crippen LogP contribution in [0.4, 0.5) is 0 Å². The molecule has 1 aliphatic carbocycles. The standard InChI is InChI=1S/C14H18O2S2/c1-16-12-9-7-11(8-10-12)14(15)18-17-13-5-3-2-4-6-13/h7-10,13H,2-6H2,1H3. The van der Waals surface area contributed by atoms with Gasteiger partial charge >= 0.3 is 0 Å². The lowest BCUT2D eigenvalue weighted by Crippen LogP contribution is -2.07. The second-order valence-electron chi connectivity index (χ2n) is 4.46. The van der Waals surface area contributed by atoms with Gasteiger partial charge in [-0.15, -0.1) is 0 Å². The van der Waals surface area contributed by atoms with Crippen molar-refractivity contribution in [2.75, 3.05) is 7.11 Å². The Morgan fingerprint density at radius 2 is 1.83 bits per heavy atom. The summed E-state index contributed by atoms with van der Waals surface area (Å²) in [7, 11) is 4.76. The van der Waals surface area contributed by atoms with E-state index in [1.165, 1.54) is 42.9 Å².